The van der Waals surface area contributed by atoms with Crippen LogP contribution in [0.15, 0.2) is 35.4 Å². The van der Waals surface area contributed by atoms with Crippen LogP contribution in [0, 0.1) is 17.4 Å². The Morgan fingerprint density at radius 1 is 1.27 bits per heavy atom. The smallest absolute Gasteiger partial charge is 0.244 e. The number of hydrogen-bond acceptors (Lipinski definition) is 4. The number of rotatable bonds is 7. The van der Waals surface area contributed by atoms with Gasteiger partial charge in [0.1, 0.15) is 0 Å². The van der Waals surface area contributed by atoms with Crippen molar-refractivity contribution in [3.05, 3.63) is 56.2 Å². The van der Waals surface area contributed by atoms with Crippen LogP contribution in [-0.4, -0.2) is 25.8 Å². The molecule has 2 aromatic rings. The standard InChI is InChI=1S/C20H23IN2O3/c1-5-26-18-10-15(9-17(21)20(18)25-4)12-22-23-19(24)11-16-8-13(2)6-7-14(16)3/h6-10,12H,5,11H2,1-4H3,(H,23,24)/b22-12+. The maximum Gasteiger partial charge on any atom is 0.244 e. The first-order chi connectivity index (χ1) is 12.4. The summed E-state index contributed by atoms with van der Waals surface area (Å²) >= 11 is 2.18. The van der Waals surface area contributed by atoms with E-state index < -0.39 is 0 Å². The molecule has 1 N–H and O–H groups in total. The van der Waals surface area contributed by atoms with Crippen molar-refractivity contribution in [3.63, 3.8) is 0 Å². The van der Waals surface area contributed by atoms with Crippen LogP contribution in [0.1, 0.15) is 29.2 Å². The molecule has 138 valence electrons. The van der Waals surface area contributed by atoms with Gasteiger partial charge in [-0.25, -0.2) is 5.43 Å². The maximum absolute atomic E-state index is 12.1. The second-order valence-electron chi connectivity index (χ2n) is 5.87. The average molecular weight is 466 g/mol. The molecule has 5 nitrogen and oxygen atoms in total. The van der Waals surface area contributed by atoms with E-state index >= 15 is 0 Å². The second-order valence-corrected chi connectivity index (χ2v) is 7.03. The lowest BCUT2D eigenvalue weighted by atomic mass is 10.0. The first-order valence-corrected chi connectivity index (χ1v) is 9.40. The molecular formula is C20H23IN2O3. The molecule has 0 bridgehead atoms. The highest BCUT2D eigenvalue weighted by atomic mass is 127. The van der Waals surface area contributed by atoms with Gasteiger partial charge in [-0.1, -0.05) is 23.8 Å². The van der Waals surface area contributed by atoms with Crippen molar-refractivity contribution in [1.29, 1.82) is 0 Å². The number of hydrogen-bond donors (Lipinski definition) is 1. The topological polar surface area (TPSA) is 59.9 Å². The summed E-state index contributed by atoms with van der Waals surface area (Å²) < 4.78 is 11.9. The van der Waals surface area contributed by atoms with Gasteiger partial charge in [-0.3, -0.25) is 4.79 Å². The predicted octanol–water partition coefficient (Wildman–Crippen LogP) is 4.01. The number of nitrogens with one attached hydrogen (secondary N) is 1. The molecule has 0 unspecified atom stereocenters. The van der Waals surface area contributed by atoms with E-state index in [1.54, 1.807) is 13.3 Å². The Labute approximate surface area is 167 Å². The highest BCUT2D eigenvalue weighted by molar-refractivity contribution is 14.1. The van der Waals surface area contributed by atoms with Crippen molar-refractivity contribution in [2.45, 2.75) is 27.2 Å². The molecule has 1 amide bonds. The van der Waals surface area contributed by atoms with Crippen LogP contribution in [0.4, 0.5) is 0 Å². The van der Waals surface area contributed by atoms with E-state index in [2.05, 4.69) is 33.1 Å². The van der Waals surface area contributed by atoms with Crippen LogP contribution >= 0.6 is 22.6 Å². The first-order valence-electron chi connectivity index (χ1n) is 8.33. The van der Waals surface area contributed by atoms with E-state index in [4.69, 9.17) is 9.47 Å². The Balaban J connectivity index is 2.05. The van der Waals surface area contributed by atoms with E-state index in [1.807, 2.05) is 51.1 Å². The maximum atomic E-state index is 12.1. The number of methoxy groups -OCH3 is 1. The molecule has 6 heteroatoms. The molecule has 0 heterocycles. The van der Waals surface area contributed by atoms with Crippen LogP contribution in [0.5, 0.6) is 11.5 Å². The molecule has 0 atom stereocenters. The second kappa shape index (κ2) is 9.56. The zero-order chi connectivity index (χ0) is 19.1. The van der Waals surface area contributed by atoms with Crippen LogP contribution in [0.25, 0.3) is 0 Å². The summed E-state index contributed by atoms with van der Waals surface area (Å²) in [5.41, 5.74) is 6.65. The molecule has 0 aliphatic heterocycles. The van der Waals surface area contributed by atoms with E-state index in [0.29, 0.717) is 24.5 Å². The van der Waals surface area contributed by atoms with E-state index in [-0.39, 0.29) is 5.91 Å². The SMILES string of the molecule is CCOc1cc(/C=N/NC(=O)Cc2cc(C)ccc2C)cc(I)c1OC. The Kier molecular flexibility index (Phi) is 7.44. The minimum Gasteiger partial charge on any atom is -0.492 e. The molecule has 0 radical (unpaired) electrons. The molecule has 2 rings (SSSR count). The fourth-order valence-corrected chi connectivity index (χ4v) is 3.35. The van der Waals surface area contributed by atoms with Gasteiger partial charge in [0, 0.05) is 0 Å². The predicted molar refractivity (Wildman–Crippen MR) is 112 cm³/mol. The van der Waals surface area contributed by atoms with Gasteiger partial charge in [0.05, 0.1) is 29.9 Å². The molecule has 0 aliphatic rings. The lowest BCUT2D eigenvalue weighted by Crippen LogP contribution is -2.20. The summed E-state index contributed by atoms with van der Waals surface area (Å²) in [5, 5.41) is 4.06. The Morgan fingerprint density at radius 2 is 2.04 bits per heavy atom. The van der Waals surface area contributed by atoms with Crippen LogP contribution in [-0.2, 0) is 11.2 Å². The average Bonchev–Trinajstić information content (AvgIpc) is 2.58. The third-order valence-corrected chi connectivity index (χ3v) is 4.60. The summed E-state index contributed by atoms with van der Waals surface area (Å²) in [6.07, 6.45) is 1.90. The lowest BCUT2D eigenvalue weighted by molar-refractivity contribution is -0.120. The number of benzene rings is 2. The van der Waals surface area contributed by atoms with Crippen LogP contribution in [0.2, 0.25) is 0 Å². The summed E-state index contributed by atoms with van der Waals surface area (Å²) in [4.78, 5) is 12.1. The van der Waals surface area contributed by atoms with Crippen molar-refractivity contribution in [3.8, 4) is 11.5 Å². The van der Waals surface area contributed by atoms with Crippen molar-refractivity contribution >= 4 is 34.7 Å². The van der Waals surface area contributed by atoms with Gasteiger partial charge in [0.15, 0.2) is 11.5 Å². The number of halogens is 1. The summed E-state index contributed by atoms with van der Waals surface area (Å²) in [6.45, 7) is 6.47. The van der Waals surface area contributed by atoms with Crippen molar-refractivity contribution in [2.24, 2.45) is 5.10 Å². The van der Waals surface area contributed by atoms with Crippen molar-refractivity contribution in [1.82, 2.24) is 5.43 Å². The molecular weight excluding hydrogens is 443 g/mol. The normalized spacial score (nSPS) is 10.8. The zero-order valence-corrected chi connectivity index (χ0v) is 17.6. The summed E-state index contributed by atoms with van der Waals surface area (Å²) in [7, 11) is 1.61. The number of ether oxygens (including phenoxy) is 2. The van der Waals surface area contributed by atoms with Crippen molar-refractivity contribution < 1.29 is 14.3 Å². The molecule has 2 aromatic carbocycles. The van der Waals surface area contributed by atoms with Crippen LogP contribution in [0.3, 0.4) is 0 Å². The van der Waals surface area contributed by atoms with Gasteiger partial charge >= 0.3 is 0 Å². The van der Waals surface area contributed by atoms with E-state index in [9.17, 15) is 4.79 Å². The van der Waals surface area contributed by atoms with Crippen molar-refractivity contribution in [2.75, 3.05) is 13.7 Å². The van der Waals surface area contributed by atoms with Gasteiger partial charge < -0.3 is 9.47 Å². The number of aryl methyl sites for hydroxylation is 2. The quantitative estimate of drug-likeness (QED) is 0.381. The highest BCUT2D eigenvalue weighted by Crippen LogP contribution is 2.33. The van der Waals surface area contributed by atoms with Gasteiger partial charge in [-0.2, -0.15) is 5.10 Å². The highest BCUT2D eigenvalue weighted by Gasteiger charge is 2.10. The third-order valence-electron chi connectivity index (χ3n) is 3.79. The largest absolute Gasteiger partial charge is 0.492 e. The van der Waals surface area contributed by atoms with Gasteiger partial charge in [-0.15, -0.1) is 0 Å². The Morgan fingerprint density at radius 3 is 2.73 bits per heavy atom. The van der Waals surface area contributed by atoms with Gasteiger partial charge in [0.25, 0.3) is 0 Å². The summed E-state index contributed by atoms with van der Waals surface area (Å²) in [5.74, 6) is 1.21. The molecule has 0 saturated heterocycles. The summed E-state index contributed by atoms with van der Waals surface area (Å²) in [6, 6.07) is 9.85. The fraction of sp³-hybridized carbons (Fsp3) is 0.300. The number of nitrogens with zero attached hydrogens (tertiary/aromatic N) is 1. The van der Waals surface area contributed by atoms with Crippen LogP contribution < -0.4 is 14.9 Å². The first kappa shape index (κ1) is 20.2. The molecule has 0 aliphatic carbocycles. The number of amides is 1. The minimum atomic E-state index is -0.150. The van der Waals surface area contributed by atoms with Gasteiger partial charge in [0.2, 0.25) is 5.91 Å². The number of hydrazone groups is 1. The Hall–Kier alpha value is -2.09. The zero-order valence-electron chi connectivity index (χ0n) is 15.4. The third kappa shape index (κ3) is 5.45. The minimum absolute atomic E-state index is 0.150. The molecule has 26 heavy (non-hydrogen) atoms. The number of carbonyl (C=O) groups excluding carboxylic acids is 1. The lowest BCUT2D eigenvalue weighted by Gasteiger charge is -2.11. The van der Waals surface area contributed by atoms with Gasteiger partial charge in [-0.05, 0) is 72.2 Å². The van der Waals surface area contributed by atoms with E-state index in [1.165, 1.54) is 0 Å². The molecule has 0 spiro atoms. The Bertz CT molecular complexity index is 819. The fourth-order valence-electron chi connectivity index (χ4n) is 2.51. The molecule has 0 fully saturated rings. The monoisotopic (exact) mass is 466 g/mol. The molecule has 0 aromatic heterocycles. The number of carbonyl (C=O) groups is 1. The van der Waals surface area contributed by atoms with E-state index in [0.717, 1.165) is 25.8 Å². The molecule has 0 saturated carbocycles.